The molecule has 1 saturated heterocycles. The first kappa shape index (κ1) is 15.4. The van der Waals surface area contributed by atoms with Crippen molar-refractivity contribution < 1.29 is 9.59 Å². The Morgan fingerprint density at radius 1 is 1.25 bits per heavy atom. The fourth-order valence-electron chi connectivity index (χ4n) is 3.45. The number of amides is 3. The third-order valence-electron chi connectivity index (χ3n) is 4.61. The largest absolute Gasteiger partial charge is 0.325 e. The Labute approximate surface area is 148 Å². The quantitative estimate of drug-likeness (QED) is 0.834. The molecule has 1 unspecified atom stereocenters. The number of benzene rings is 1. The first-order chi connectivity index (χ1) is 11.5. The Balaban J connectivity index is 1.70. The topological polar surface area (TPSA) is 62.3 Å². The standard InChI is InChI=1S/C17H13Cl2N3O2/c18-11-3-4-12-10(8-11)5-6-17(12)15(23)22(16(24)21-17)9-14-13(19)2-1-7-20-14/h1-4,7-8H,5-6,9H2,(H,21,24). The van der Waals surface area contributed by atoms with Crippen LogP contribution in [0.4, 0.5) is 4.79 Å². The van der Waals surface area contributed by atoms with Crippen molar-refractivity contribution in [1.82, 2.24) is 15.2 Å². The molecule has 0 saturated carbocycles. The highest BCUT2D eigenvalue weighted by Gasteiger charge is 2.55. The molecule has 7 heteroatoms. The van der Waals surface area contributed by atoms with Crippen molar-refractivity contribution in [3.63, 3.8) is 0 Å². The van der Waals surface area contributed by atoms with Crippen LogP contribution in [0, 0.1) is 0 Å². The molecule has 2 aliphatic rings. The van der Waals surface area contributed by atoms with Gasteiger partial charge in [0.15, 0.2) is 0 Å². The fraction of sp³-hybridized carbons (Fsp3) is 0.235. The van der Waals surface area contributed by atoms with E-state index in [1.54, 1.807) is 24.4 Å². The number of hydrogen-bond acceptors (Lipinski definition) is 3. The molecular weight excluding hydrogens is 349 g/mol. The van der Waals surface area contributed by atoms with E-state index in [0.29, 0.717) is 28.6 Å². The highest BCUT2D eigenvalue weighted by atomic mass is 35.5. The Kier molecular flexibility index (Phi) is 3.51. The number of pyridine rings is 1. The van der Waals surface area contributed by atoms with E-state index in [0.717, 1.165) is 11.1 Å². The summed E-state index contributed by atoms with van der Waals surface area (Å²) >= 11 is 12.1. The molecule has 1 aromatic carbocycles. The monoisotopic (exact) mass is 361 g/mol. The van der Waals surface area contributed by atoms with Crippen LogP contribution in [0.5, 0.6) is 0 Å². The lowest BCUT2D eigenvalue weighted by atomic mass is 9.92. The van der Waals surface area contributed by atoms with E-state index in [1.807, 2.05) is 12.1 Å². The number of carbonyl (C=O) groups is 2. The molecule has 4 rings (SSSR count). The third kappa shape index (κ3) is 2.19. The summed E-state index contributed by atoms with van der Waals surface area (Å²) in [6.07, 6.45) is 2.81. The van der Waals surface area contributed by atoms with Crippen LogP contribution in [0.1, 0.15) is 23.2 Å². The minimum absolute atomic E-state index is 0.0506. The summed E-state index contributed by atoms with van der Waals surface area (Å²) in [5, 5.41) is 3.92. The second-order valence-electron chi connectivity index (χ2n) is 5.96. The number of halogens is 2. The van der Waals surface area contributed by atoms with Gasteiger partial charge in [-0.25, -0.2) is 4.79 Å². The number of aromatic nitrogens is 1. The molecule has 0 bridgehead atoms. The number of urea groups is 1. The van der Waals surface area contributed by atoms with Crippen LogP contribution < -0.4 is 5.32 Å². The van der Waals surface area contributed by atoms with Gasteiger partial charge >= 0.3 is 6.03 Å². The molecule has 1 aliphatic carbocycles. The van der Waals surface area contributed by atoms with Crippen molar-refractivity contribution in [2.24, 2.45) is 0 Å². The van der Waals surface area contributed by atoms with E-state index < -0.39 is 11.6 Å². The van der Waals surface area contributed by atoms with Gasteiger partial charge in [0, 0.05) is 11.2 Å². The molecule has 0 radical (unpaired) electrons. The number of aryl methyl sites for hydroxylation is 1. The zero-order chi connectivity index (χ0) is 16.9. The molecule has 1 aromatic heterocycles. The van der Waals surface area contributed by atoms with Crippen molar-refractivity contribution in [3.05, 3.63) is 63.4 Å². The van der Waals surface area contributed by atoms with Crippen molar-refractivity contribution in [2.45, 2.75) is 24.9 Å². The Morgan fingerprint density at radius 3 is 2.88 bits per heavy atom. The molecule has 2 aromatic rings. The van der Waals surface area contributed by atoms with Gasteiger partial charge in [-0.3, -0.25) is 14.7 Å². The molecule has 1 N–H and O–H groups in total. The highest BCUT2D eigenvalue weighted by Crippen LogP contribution is 2.42. The summed E-state index contributed by atoms with van der Waals surface area (Å²) < 4.78 is 0. The Morgan fingerprint density at radius 2 is 2.08 bits per heavy atom. The van der Waals surface area contributed by atoms with Gasteiger partial charge in [-0.15, -0.1) is 0 Å². The Hall–Kier alpha value is -2.11. The number of hydrogen-bond donors (Lipinski definition) is 1. The number of nitrogens with zero attached hydrogens (tertiary/aromatic N) is 2. The lowest BCUT2D eigenvalue weighted by Crippen LogP contribution is -2.41. The number of carbonyl (C=O) groups excluding carboxylic acids is 2. The highest BCUT2D eigenvalue weighted by molar-refractivity contribution is 6.31. The van der Waals surface area contributed by atoms with E-state index in [4.69, 9.17) is 23.2 Å². The van der Waals surface area contributed by atoms with Gasteiger partial charge in [0.2, 0.25) is 0 Å². The number of rotatable bonds is 2. The predicted octanol–water partition coefficient (Wildman–Crippen LogP) is 3.28. The number of fused-ring (bicyclic) bond motifs is 2. The number of imide groups is 1. The second kappa shape index (κ2) is 5.46. The maximum Gasteiger partial charge on any atom is 0.325 e. The lowest BCUT2D eigenvalue weighted by molar-refractivity contribution is -0.132. The van der Waals surface area contributed by atoms with Crippen LogP contribution in [0.15, 0.2) is 36.5 Å². The summed E-state index contributed by atoms with van der Waals surface area (Å²) in [7, 11) is 0. The van der Waals surface area contributed by atoms with Gasteiger partial charge in [0.05, 0.1) is 17.3 Å². The molecule has 122 valence electrons. The van der Waals surface area contributed by atoms with Crippen LogP contribution in [-0.4, -0.2) is 21.8 Å². The summed E-state index contributed by atoms with van der Waals surface area (Å²) in [5.41, 5.74) is 1.31. The lowest BCUT2D eigenvalue weighted by Gasteiger charge is -2.22. The summed E-state index contributed by atoms with van der Waals surface area (Å²) in [6, 6.07) is 8.37. The van der Waals surface area contributed by atoms with E-state index in [1.165, 1.54) is 4.90 Å². The van der Waals surface area contributed by atoms with Crippen molar-refractivity contribution in [1.29, 1.82) is 0 Å². The van der Waals surface area contributed by atoms with Gasteiger partial charge < -0.3 is 5.32 Å². The molecule has 1 aliphatic heterocycles. The van der Waals surface area contributed by atoms with Crippen LogP contribution in [-0.2, 0) is 23.3 Å². The van der Waals surface area contributed by atoms with Crippen molar-refractivity contribution in [3.8, 4) is 0 Å². The number of nitrogens with one attached hydrogen (secondary N) is 1. The van der Waals surface area contributed by atoms with Crippen LogP contribution >= 0.6 is 23.2 Å². The zero-order valence-electron chi connectivity index (χ0n) is 12.6. The smallest absolute Gasteiger partial charge is 0.319 e. The van der Waals surface area contributed by atoms with E-state index >= 15 is 0 Å². The van der Waals surface area contributed by atoms with Crippen LogP contribution in [0.3, 0.4) is 0 Å². The second-order valence-corrected chi connectivity index (χ2v) is 6.80. The van der Waals surface area contributed by atoms with E-state index in [-0.39, 0.29) is 12.5 Å². The van der Waals surface area contributed by atoms with Crippen molar-refractivity contribution >= 4 is 35.1 Å². The maximum atomic E-state index is 13.0. The van der Waals surface area contributed by atoms with Gasteiger partial charge in [0.25, 0.3) is 5.91 Å². The third-order valence-corrected chi connectivity index (χ3v) is 5.19. The summed E-state index contributed by atoms with van der Waals surface area (Å²) in [4.78, 5) is 30.8. The molecule has 3 amide bonds. The van der Waals surface area contributed by atoms with E-state index in [9.17, 15) is 9.59 Å². The normalized spacial score (nSPS) is 22.2. The zero-order valence-corrected chi connectivity index (χ0v) is 14.1. The molecule has 24 heavy (non-hydrogen) atoms. The SMILES string of the molecule is O=C1NC2(CCc3cc(Cl)ccc32)C(=O)N1Cc1ncccc1Cl. The molecular formula is C17H13Cl2N3O2. The minimum Gasteiger partial charge on any atom is -0.319 e. The molecule has 5 nitrogen and oxygen atoms in total. The molecule has 1 fully saturated rings. The summed E-state index contributed by atoms with van der Waals surface area (Å²) in [5.74, 6) is -0.268. The first-order valence-electron chi connectivity index (χ1n) is 7.54. The minimum atomic E-state index is -1.00. The van der Waals surface area contributed by atoms with Crippen molar-refractivity contribution in [2.75, 3.05) is 0 Å². The van der Waals surface area contributed by atoms with Gasteiger partial charge in [-0.1, -0.05) is 29.3 Å². The predicted molar refractivity (Wildman–Crippen MR) is 89.8 cm³/mol. The average Bonchev–Trinajstić information content (AvgIpc) is 3.02. The van der Waals surface area contributed by atoms with E-state index in [2.05, 4.69) is 10.3 Å². The molecule has 1 spiro atoms. The maximum absolute atomic E-state index is 13.0. The first-order valence-corrected chi connectivity index (χ1v) is 8.29. The van der Waals surface area contributed by atoms with Crippen LogP contribution in [0.25, 0.3) is 0 Å². The van der Waals surface area contributed by atoms with Crippen LogP contribution in [0.2, 0.25) is 10.0 Å². The average molecular weight is 362 g/mol. The van der Waals surface area contributed by atoms with Gasteiger partial charge in [0.1, 0.15) is 5.54 Å². The van der Waals surface area contributed by atoms with Gasteiger partial charge in [-0.05, 0) is 48.2 Å². The molecule has 1 atom stereocenters. The summed E-state index contributed by atoms with van der Waals surface area (Å²) in [6.45, 7) is 0.0506. The molecule has 2 heterocycles. The van der Waals surface area contributed by atoms with Gasteiger partial charge in [-0.2, -0.15) is 0 Å². The Bertz CT molecular complexity index is 871. The fourth-order valence-corrected chi connectivity index (χ4v) is 3.82.